The van der Waals surface area contributed by atoms with Crippen LogP contribution in [-0.2, 0) is 23.7 Å². The van der Waals surface area contributed by atoms with Crippen LogP contribution >= 0.6 is 0 Å². The Hall–Kier alpha value is -1.01. The molecule has 422 valence electrons. The molecule has 0 aliphatic carbocycles. The van der Waals surface area contributed by atoms with Gasteiger partial charge in [-0.15, -0.1) is 0 Å². The third-order valence-corrected chi connectivity index (χ3v) is 15.1. The normalized spacial score (nSPS) is 25.7. The number of unbranched alkanes of at least 4 members (excludes halogenated alkanes) is 35. The molecule has 1 amide bonds. The summed E-state index contributed by atoms with van der Waals surface area (Å²) in [6.45, 7) is 2.81. The van der Waals surface area contributed by atoms with Crippen LogP contribution in [0.15, 0.2) is 0 Å². The minimum absolute atomic E-state index is 0.206. The summed E-state index contributed by atoms with van der Waals surface area (Å²) in [7, 11) is 0. The zero-order valence-electron chi connectivity index (χ0n) is 45.2. The van der Waals surface area contributed by atoms with Crippen molar-refractivity contribution in [2.75, 3.05) is 19.8 Å². The first-order chi connectivity index (χ1) is 34.6. The maximum Gasteiger partial charge on any atom is 0.220 e. The van der Waals surface area contributed by atoms with E-state index >= 15 is 0 Å². The molecule has 12 unspecified atom stereocenters. The minimum atomic E-state index is -1.78. The van der Waals surface area contributed by atoms with E-state index in [4.69, 9.17) is 18.9 Å². The van der Waals surface area contributed by atoms with Crippen LogP contribution in [0.1, 0.15) is 264 Å². The summed E-state index contributed by atoms with van der Waals surface area (Å²) in [5.41, 5.74) is 0. The van der Waals surface area contributed by atoms with Crippen molar-refractivity contribution >= 4 is 5.91 Å². The fourth-order valence-corrected chi connectivity index (χ4v) is 10.2. The highest BCUT2D eigenvalue weighted by molar-refractivity contribution is 5.76. The fraction of sp³-hybridized carbons (Fsp3) is 0.982. The van der Waals surface area contributed by atoms with Crippen LogP contribution in [0.5, 0.6) is 0 Å². The van der Waals surface area contributed by atoms with Crippen LogP contribution in [0.4, 0.5) is 0 Å². The molecule has 14 nitrogen and oxygen atoms in total. The lowest BCUT2D eigenvalue weighted by Crippen LogP contribution is -2.65. The van der Waals surface area contributed by atoms with Crippen molar-refractivity contribution in [1.29, 1.82) is 0 Å². The Balaban J connectivity index is 1.55. The molecule has 0 aromatic carbocycles. The summed E-state index contributed by atoms with van der Waals surface area (Å²) in [4.78, 5) is 13.2. The largest absolute Gasteiger partial charge is 0.394 e. The highest BCUT2D eigenvalue weighted by atomic mass is 16.7. The van der Waals surface area contributed by atoms with Crippen molar-refractivity contribution < 1.29 is 64.6 Å². The molecule has 0 aromatic heterocycles. The van der Waals surface area contributed by atoms with Crippen molar-refractivity contribution in [2.45, 2.75) is 338 Å². The van der Waals surface area contributed by atoms with Gasteiger partial charge < -0.3 is 65.1 Å². The number of rotatable bonds is 48. The van der Waals surface area contributed by atoms with Gasteiger partial charge in [-0.3, -0.25) is 4.79 Å². The Bertz CT molecular complexity index is 1200. The summed E-state index contributed by atoms with van der Waals surface area (Å²) in [5.74, 6) is -0.206. The summed E-state index contributed by atoms with van der Waals surface area (Å²) < 4.78 is 22.7. The topological polar surface area (TPSA) is 228 Å². The van der Waals surface area contributed by atoms with Crippen molar-refractivity contribution in [3.63, 3.8) is 0 Å². The predicted octanol–water partition coefficient (Wildman–Crippen LogP) is 9.73. The van der Waals surface area contributed by atoms with Crippen molar-refractivity contribution in [3.8, 4) is 0 Å². The van der Waals surface area contributed by atoms with Gasteiger partial charge in [0.2, 0.25) is 5.91 Å². The SMILES string of the molecule is CCCCCCCCCCCCCCCCCCCCCCCCCCCCCCCCCC(=O)NC(COC1OC(CO)C(OC2OC(CO)C(O)C(O)C2O)C(O)C1O)C(O)CCCCCCCC. The molecule has 71 heavy (non-hydrogen) atoms. The van der Waals surface area contributed by atoms with Gasteiger partial charge in [-0.2, -0.15) is 0 Å². The number of hydrogen-bond donors (Lipinski definition) is 9. The van der Waals surface area contributed by atoms with Gasteiger partial charge in [-0.05, 0) is 12.8 Å². The van der Waals surface area contributed by atoms with Crippen LogP contribution in [0.2, 0.25) is 0 Å². The molecule has 2 fully saturated rings. The number of carbonyl (C=O) groups is 1. The van der Waals surface area contributed by atoms with Crippen LogP contribution in [0.3, 0.4) is 0 Å². The average molecular weight is 1020 g/mol. The smallest absolute Gasteiger partial charge is 0.220 e. The molecular weight excluding hydrogens is 907 g/mol. The Morgan fingerprint density at radius 2 is 0.803 bits per heavy atom. The van der Waals surface area contributed by atoms with Crippen LogP contribution in [-0.4, -0.2) is 140 Å². The maximum absolute atomic E-state index is 13.2. The Morgan fingerprint density at radius 3 is 1.20 bits per heavy atom. The Labute approximate surface area is 432 Å². The van der Waals surface area contributed by atoms with E-state index in [0.29, 0.717) is 12.8 Å². The molecule has 2 aliphatic heterocycles. The molecule has 0 aromatic rings. The molecule has 0 spiro atoms. The minimum Gasteiger partial charge on any atom is -0.394 e. The lowest BCUT2D eigenvalue weighted by atomic mass is 9.97. The second-order valence-corrected chi connectivity index (χ2v) is 21.5. The number of amides is 1. The van der Waals surface area contributed by atoms with Gasteiger partial charge in [-0.1, -0.05) is 245 Å². The molecule has 9 N–H and O–H groups in total. The fourth-order valence-electron chi connectivity index (χ4n) is 10.2. The summed E-state index contributed by atoms with van der Waals surface area (Å²) in [6.07, 6.45) is 31.9. The molecular formula is C57H111NO13. The number of carbonyl (C=O) groups excluding carboxylic acids is 1. The third-order valence-electron chi connectivity index (χ3n) is 15.1. The van der Waals surface area contributed by atoms with Gasteiger partial charge in [0, 0.05) is 6.42 Å². The van der Waals surface area contributed by atoms with Gasteiger partial charge in [0.1, 0.15) is 48.8 Å². The highest BCUT2D eigenvalue weighted by Crippen LogP contribution is 2.30. The predicted molar refractivity (Wildman–Crippen MR) is 282 cm³/mol. The molecule has 2 saturated heterocycles. The van der Waals surface area contributed by atoms with Gasteiger partial charge in [-0.25, -0.2) is 0 Å². The molecule has 2 heterocycles. The highest BCUT2D eigenvalue weighted by Gasteiger charge is 2.51. The van der Waals surface area contributed by atoms with E-state index in [9.17, 15) is 45.6 Å². The number of aliphatic hydroxyl groups is 8. The first-order valence-electron chi connectivity index (χ1n) is 29.8. The van der Waals surface area contributed by atoms with Crippen molar-refractivity contribution in [1.82, 2.24) is 5.32 Å². The molecule has 0 saturated carbocycles. The molecule has 2 aliphatic rings. The van der Waals surface area contributed by atoms with Crippen LogP contribution < -0.4 is 5.32 Å². The zero-order chi connectivity index (χ0) is 51.7. The quantitative estimate of drug-likeness (QED) is 0.0259. The van der Waals surface area contributed by atoms with Crippen molar-refractivity contribution in [3.05, 3.63) is 0 Å². The molecule has 14 heteroatoms. The van der Waals surface area contributed by atoms with Crippen molar-refractivity contribution in [2.24, 2.45) is 0 Å². The number of aliphatic hydroxyl groups excluding tert-OH is 8. The van der Waals surface area contributed by atoms with E-state index in [0.717, 1.165) is 64.2 Å². The van der Waals surface area contributed by atoms with E-state index in [1.54, 1.807) is 0 Å². The second-order valence-electron chi connectivity index (χ2n) is 21.5. The lowest BCUT2D eigenvalue weighted by molar-refractivity contribution is -0.359. The molecule has 2 rings (SSSR count). The second kappa shape index (κ2) is 44.2. The van der Waals surface area contributed by atoms with E-state index in [1.165, 1.54) is 173 Å². The zero-order valence-corrected chi connectivity index (χ0v) is 45.2. The first-order valence-corrected chi connectivity index (χ1v) is 29.8. The standard InChI is InChI=1S/C57H111NO13/c1-3-5-7-9-11-12-13-14-15-16-17-18-19-20-21-22-23-24-25-26-27-28-29-30-31-32-33-34-35-37-39-41-49(62)58-45(46(61)40-38-36-10-8-6-4-2)44-68-56-54(67)52(65)55(48(43-60)70-56)71-57-53(66)51(64)50(63)47(42-59)69-57/h45-48,50-57,59-61,63-67H,3-44H2,1-2H3,(H,58,62). The summed E-state index contributed by atoms with van der Waals surface area (Å²) >= 11 is 0. The van der Waals surface area contributed by atoms with Crippen LogP contribution in [0.25, 0.3) is 0 Å². The molecule has 0 bridgehead atoms. The lowest BCUT2D eigenvalue weighted by Gasteiger charge is -2.46. The van der Waals surface area contributed by atoms with E-state index < -0.39 is 86.8 Å². The van der Waals surface area contributed by atoms with E-state index in [1.807, 2.05) is 0 Å². The van der Waals surface area contributed by atoms with Gasteiger partial charge in [0.05, 0.1) is 32.0 Å². The Morgan fingerprint density at radius 1 is 0.451 bits per heavy atom. The average Bonchev–Trinajstić information content (AvgIpc) is 3.37. The van der Waals surface area contributed by atoms with Gasteiger partial charge in [0.15, 0.2) is 12.6 Å². The number of hydrogen-bond acceptors (Lipinski definition) is 13. The van der Waals surface area contributed by atoms with Gasteiger partial charge in [0.25, 0.3) is 0 Å². The van der Waals surface area contributed by atoms with Crippen LogP contribution in [0, 0.1) is 0 Å². The number of ether oxygens (including phenoxy) is 4. The third kappa shape index (κ3) is 30.4. The van der Waals surface area contributed by atoms with E-state index in [-0.39, 0.29) is 12.5 Å². The summed E-state index contributed by atoms with van der Waals surface area (Å²) in [6, 6.07) is -0.819. The van der Waals surface area contributed by atoms with E-state index in [2.05, 4.69) is 19.2 Å². The Kier molecular flexibility index (Phi) is 41.1. The number of nitrogens with one attached hydrogen (secondary N) is 1. The van der Waals surface area contributed by atoms with Gasteiger partial charge >= 0.3 is 0 Å². The molecule has 12 atom stereocenters. The summed E-state index contributed by atoms with van der Waals surface area (Å²) in [5, 5.41) is 86.6. The molecule has 0 radical (unpaired) electrons. The monoisotopic (exact) mass is 1020 g/mol. The first kappa shape index (κ1) is 66.1. The maximum atomic E-state index is 13.2.